The Hall–Kier alpha value is -2.44. The second-order valence-corrected chi connectivity index (χ2v) is 7.56. The van der Waals surface area contributed by atoms with Crippen LogP contribution in [0.1, 0.15) is 16.7 Å². The van der Waals surface area contributed by atoms with Crippen LogP contribution < -0.4 is 4.90 Å². The highest BCUT2D eigenvalue weighted by molar-refractivity contribution is 7.17. The molecule has 0 aliphatic carbocycles. The number of halogens is 7. The Labute approximate surface area is 170 Å². The van der Waals surface area contributed by atoms with Gasteiger partial charge in [-0.2, -0.15) is 31.6 Å². The number of hydrogen-bond acceptors (Lipinski definition) is 3. The standard InChI is InChI=1S/C19H11ClF6N2S/c20-13-2-4-17-15(5-13)12(9-29-17)8-28(10-18(21,22)23)14-3-1-11(7-27)16(6-14)19(24,25)26/h1-6,9H,8,10H2. The summed E-state index contributed by atoms with van der Waals surface area (Å²) in [4.78, 5) is 0.804. The number of nitriles is 1. The maximum absolute atomic E-state index is 13.2. The van der Waals surface area contributed by atoms with Crippen molar-refractivity contribution in [3.8, 4) is 6.07 Å². The Morgan fingerprint density at radius 3 is 2.38 bits per heavy atom. The minimum atomic E-state index is -4.87. The third-order valence-electron chi connectivity index (χ3n) is 4.14. The molecule has 0 saturated carbocycles. The number of alkyl halides is 6. The van der Waals surface area contributed by atoms with Crippen LogP contribution in [-0.2, 0) is 12.7 Å². The summed E-state index contributed by atoms with van der Waals surface area (Å²) in [6.07, 6.45) is -9.51. The molecule has 0 saturated heterocycles. The van der Waals surface area contributed by atoms with E-state index in [9.17, 15) is 26.3 Å². The predicted octanol–water partition coefficient (Wildman–Crippen LogP) is 7.01. The molecular formula is C19H11ClF6N2S. The van der Waals surface area contributed by atoms with Crippen molar-refractivity contribution in [2.24, 2.45) is 0 Å². The lowest BCUT2D eigenvalue weighted by Gasteiger charge is -2.27. The van der Waals surface area contributed by atoms with E-state index in [1.54, 1.807) is 23.6 Å². The molecule has 2 aromatic carbocycles. The second kappa shape index (κ2) is 7.76. The molecule has 2 nitrogen and oxygen atoms in total. The number of anilines is 1. The average molecular weight is 449 g/mol. The molecule has 1 aromatic heterocycles. The molecule has 0 spiro atoms. The van der Waals surface area contributed by atoms with Gasteiger partial charge in [0.2, 0.25) is 0 Å². The van der Waals surface area contributed by atoms with Crippen LogP contribution in [-0.4, -0.2) is 12.7 Å². The molecule has 0 N–H and O–H groups in total. The molecule has 0 atom stereocenters. The van der Waals surface area contributed by atoms with Gasteiger partial charge in [-0.05, 0) is 52.7 Å². The zero-order valence-electron chi connectivity index (χ0n) is 14.4. The van der Waals surface area contributed by atoms with E-state index in [0.717, 1.165) is 21.7 Å². The first-order valence-corrected chi connectivity index (χ1v) is 9.32. The number of fused-ring (bicyclic) bond motifs is 1. The molecule has 0 bridgehead atoms. The van der Waals surface area contributed by atoms with Gasteiger partial charge in [0.1, 0.15) is 6.54 Å². The molecule has 0 fully saturated rings. The largest absolute Gasteiger partial charge is 0.417 e. The summed E-state index contributed by atoms with van der Waals surface area (Å²) in [7, 11) is 0. The molecule has 152 valence electrons. The number of nitrogens with zero attached hydrogens (tertiary/aromatic N) is 2. The zero-order chi connectivity index (χ0) is 21.4. The van der Waals surface area contributed by atoms with E-state index in [2.05, 4.69) is 0 Å². The molecule has 10 heteroatoms. The van der Waals surface area contributed by atoms with E-state index in [-0.39, 0.29) is 12.2 Å². The van der Waals surface area contributed by atoms with Crippen molar-refractivity contribution in [1.29, 1.82) is 5.26 Å². The van der Waals surface area contributed by atoms with Gasteiger partial charge in [-0.1, -0.05) is 11.6 Å². The first kappa shape index (κ1) is 21.3. The maximum Gasteiger partial charge on any atom is 0.417 e. The topological polar surface area (TPSA) is 27.0 Å². The lowest BCUT2D eigenvalue weighted by molar-refractivity contribution is -0.137. The van der Waals surface area contributed by atoms with Gasteiger partial charge in [0, 0.05) is 22.0 Å². The van der Waals surface area contributed by atoms with Crippen molar-refractivity contribution in [3.63, 3.8) is 0 Å². The van der Waals surface area contributed by atoms with Crippen LogP contribution in [0.2, 0.25) is 5.02 Å². The van der Waals surface area contributed by atoms with Crippen molar-refractivity contribution >= 4 is 38.7 Å². The summed E-state index contributed by atoms with van der Waals surface area (Å²) < 4.78 is 80.0. The van der Waals surface area contributed by atoms with E-state index in [4.69, 9.17) is 16.9 Å². The van der Waals surface area contributed by atoms with Crippen molar-refractivity contribution in [2.75, 3.05) is 11.4 Å². The minimum absolute atomic E-state index is 0.275. The fourth-order valence-corrected chi connectivity index (χ4v) is 4.00. The molecule has 3 rings (SSSR count). The van der Waals surface area contributed by atoms with E-state index in [1.165, 1.54) is 17.4 Å². The van der Waals surface area contributed by atoms with Gasteiger partial charge in [-0.3, -0.25) is 0 Å². The smallest absolute Gasteiger partial charge is 0.358 e. The van der Waals surface area contributed by atoms with E-state index in [0.29, 0.717) is 22.0 Å². The molecule has 1 heterocycles. The fraction of sp³-hybridized carbons (Fsp3) is 0.211. The van der Waals surface area contributed by atoms with Crippen LogP contribution in [0.3, 0.4) is 0 Å². The summed E-state index contributed by atoms with van der Waals surface area (Å²) in [5.41, 5.74) is -1.70. The van der Waals surface area contributed by atoms with Crippen LogP contribution in [0.25, 0.3) is 10.1 Å². The summed E-state index contributed by atoms with van der Waals surface area (Å²) in [5, 5.41) is 11.6. The highest BCUT2D eigenvalue weighted by Crippen LogP contribution is 2.36. The minimum Gasteiger partial charge on any atom is -0.358 e. The van der Waals surface area contributed by atoms with Crippen LogP contribution in [0.15, 0.2) is 41.8 Å². The van der Waals surface area contributed by atoms with Gasteiger partial charge >= 0.3 is 12.4 Å². The van der Waals surface area contributed by atoms with Gasteiger partial charge in [-0.25, -0.2) is 0 Å². The molecule has 0 aliphatic heterocycles. The Bertz CT molecular complexity index is 1080. The maximum atomic E-state index is 13.2. The third-order valence-corrected chi connectivity index (χ3v) is 5.39. The van der Waals surface area contributed by atoms with Crippen molar-refractivity contribution < 1.29 is 26.3 Å². The first-order valence-electron chi connectivity index (χ1n) is 8.06. The molecule has 0 radical (unpaired) electrons. The summed E-state index contributed by atoms with van der Waals surface area (Å²) in [6, 6.07) is 8.94. The highest BCUT2D eigenvalue weighted by Gasteiger charge is 2.36. The first-order chi connectivity index (χ1) is 13.5. The monoisotopic (exact) mass is 448 g/mol. The molecule has 0 aliphatic rings. The van der Waals surface area contributed by atoms with Crippen molar-refractivity contribution in [3.05, 3.63) is 63.5 Å². The van der Waals surface area contributed by atoms with Crippen LogP contribution in [0.4, 0.5) is 32.0 Å². The van der Waals surface area contributed by atoms with Gasteiger partial charge in [0.15, 0.2) is 0 Å². The SMILES string of the molecule is N#Cc1ccc(N(Cc2csc3ccc(Cl)cc23)CC(F)(F)F)cc1C(F)(F)F. The summed E-state index contributed by atoms with van der Waals surface area (Å²) in [5.74, 6) is 0. The van der Waals surface area contributed by atoms with E-state index < -0.39 is 30.0 Å². The molecule has 29 heavy (non-hydrogen) atoms. The van der Waals surface area contributed by atoms with Gasteiger partial charge in [-0.15, -0.1) is 11.3 Å². The van der Waals surface area contributed by atoms with Crippen molar-refractivity contribution in [1.82, 2.24) is 0 Å². The Morgan fingerprint density at radius 2 is 1.76 bits per heavy atom. The number of rotatable bonds is 4. The van der Waals surface area contributed by atoms with E-state index in [1.807, 2.05) is 0 Å². The summed E-state index contributed by atoms with van der Waals surface area (Å²) >= 11 is 7.27. The van der Waals surface area contributed by atoms with Crippen LogP contribution in [0, 0.1) is 11.3 Å². The number of thiophene rings is 1. The summed E-state index contributed by atoms with van der Waals surface area (Å²) in [6.45, 7) is -1.73. The quantitative estimate of drug-likeness (QED) is 0.401. The highest BCUT2D eigenvalue weighted by atomic mass is 35.5. The zero-order valence-corrected chi connectivity index (χ0v) is 16.0. The Balaban J connectivity index is 2.06. The lowest BCUT2D eigenvalue weighted by Crippen LogP contribution is -2.34. The second-order valence-electron chi connectivity index (χ2n) is 6.21. The van der Waals surface area contributed by atoms with E-state index >= 15 is 0 Å². The average Bonchev–Trinajstić information content (AvgIpc) is 3.01. The lowest BCUT2D eigenvalue weighted by atomic mass is 10.1. The Morgan fingerprint density at radius 1 is 1.03 bits per heavy atom. The number of benzene rings is 2. The van der Waals surface area contributed by atoms with Crippen LogP contribution in [0.5, 0.6) is 0 Å². The Kier molecular flexibility index (Phi) is 5.70. The molecular weight excluding hydrogens is 438 g/mol. The number of hydrogen-bond donors (Lipinski definition) is 0. The van der Waals surface area contributed by atoms with Crippen LogP contribution >= 0.6 is 22.9 Å². The normalized spacial score (nSPS) is 12.2. The third kappa shape index (κ3) is 4.95. The van der Waals surface area contributed by atoms with Gasteiger partial charge < -0.3 is 4.90 Å². The molecule has 0 amide bonds. The fourth-order valence-electron chi connectivity index (χ4n) is 2.90. The molecule has 3 aromatic rings. The van der Waals surface area contributed by atoms with Gasteiger partial charge in [0.05, 0.1) is 17.2 Å². The van der Waals surface area contributed by atoms with Gasteiger partial charge in [0.25, 0.3) is 0 Å². The predicted molar refractivity (Wildman–Crippen MR) is 100 cm³/mol. The molecule has 0 unspecified atom stereocenters. The van der Waals surface area contributed by atoms with Crippen molar-refractivity contribution in [2.45, 2.75) is 18.9 Å².